The highest BCUT2D eigenvalue weighted by molar-refractivity contribution is 5.93. The van der Waals surface area contributed by atoms with Gasteiger partial charge in [0, 0.05) is 24.2 Å². The largest absolute Gasteiger partial charge is 0.497 e. The number of nitrogens with zero attached hydrogens (tertiary/aromatic N) is 2. The van der Waals surface area contributed by atoms with Crippen molar-refractivity contribution in [3.63, 3.8) is 0 Å². The molecule has 0 radical (unpaired) electrons. The molecule has 0 N–H and O–H groups in total. The predicted molar refractivity (Wildman–Crippen MR) is 133 cm³/mol. The van der Waals surface area contributed by atoms with Crippen LogP contribution in [0.25, 0.3) is 10.9 Å². The number of pyridine rings is 1. The second-order valence-corrected chi connectivity index (χ2v) is 9.45. The lowest BCUT2D eigenvalue weighted by Crippen LogP contribution is -2.35. The Morgan fingerprint density at radius 2 is 1.83 bits per heavy atom. The van der Waals surface area contributed by atoms with Crippen LogP contribution < -0.4 is 14.2 Å². The summed E-state index contributed by atoms with van der Waals surface area (Å²) in [6, 6.07) is 14.2. The molecule has 1 fully saturated rings. The Morgan fingerprint density at radius 3 is 2.63 bits per heavy atom. The first-order valence-electron chi connectivity index (χ1n) is 12.3. The molecule has 35 heavy (non-hydrogen) atoms. The van der Waals surface area contributed by atoms with Crippen molar-refractivity contribution in [3.8, 4) is 17.2 Å². The van der Waals surface area contributed by atoms with Gasteiger partial charge in [-0.15, -0.1) is 0 Å². The van der Waals surface area contributed by atoms with Crippen LogP contribution in [-0.4, -0.2) is 55.9 Å². The van der Waals surface area contributed by atoms with Gasteiger partial charge in [-0.25, -0.2) is 4.79 Å². The molecule has 1 aromatic heterocycles. The Bertz CT molecular complexity index is 1190. The highest BCUT2D eigenvalue weighted by atomic mass is 16.6. The van der Waals surface area contributed by atoms with Gasteiger partial charge in [-0.1, -0.05) is 6.07 Å². The molecule has 0 saturated heterocycles. The minimum Gasteiger partial charge on any atom is -0.497 e. The molecule has 2 aliphatic rings. The Labute approximate surface area is 205 Å². The smallest absolute Gasteiger partial charge is 0.339 e. The SMILES string of the molecule is COc1ccc2ncc(C(=O)OC[C@H]3CC[C@H](N(C)Cc4ccc5c(c4)OCCO5)CC3)cc2c1. The summed E-state index contributed by atoms with van der Waals surface area (Å²) in [5, 5.41) is 0.861. The summed E-state index contributed by atoms with van der Waals surface area (Å²) in [4.78, 5) is 19.4. The third kappa shape index (κ3) is 5.51. The van der Waals surface area contributed by atoms with E-state index in [0.29, 0.717) is 37.3 Å². The third-order valence-corrected chi connectivity index (χ3v) is 7.05. The number of fused-ring (bicyclic) bond motifs is 2. The van der Waals surface area contributed by atoms with E-state index in [-0.39, 0.29) is 5.97 Å². The summed E-state index contributed by atoms with van der Waals surface area (Å²) in [5.41, 5.74) is 2.52. The predicted octanol–water partition coefficient (Wildman–Crippen LogP) is 4.86. The van der Waals surface area contributed by atoms with Gasteiger partial charge in [0.2, 0.25) is 0 Å². The Hall–Kier alpha value is -3.32. The Morgan fingerprint density at radius 1 is 1.03 bits per heavy atom. The maximum absolute atomic E-state index is 12.6. The minimum absolute atomic E-state index is 0.319. The number of carbonyl (C=O) groups is 1. The van der Waals surface area contributed by atoms with E-state index < -0.39 is 0 Å². The summed E-state index contributed by atoms with van der Waals surface area (Å²) in [6.45, 7) is 2.54. The zero-order valence-corrected chi connectivity index (χ0v) is 20.4. The molecule has 184 valence electrons. The molecule has 1 aliphatic carbocycles. The first-order chi connectivity index (χ1) is 17.1. The second-order valence-electron chi connectivity index (χ2n) is 9.45. The summed E-state index contributed by atoms with van der Waals surface area (Å²) in [6.07, 6.45) is 5.88. The first-order valence-corrected chi connectivity index (χ1v) is 12.3. The van der Waals surface area contributed by atoms with E-state index >= 15 is 0 Å². The van der Waals surface area contributed by atoms with Crippen molar-refractivity contribution in [2.24, 2.45) is 5.92 Å². The van der Waals surface area contributed by atoms with E-state index in [0.717, 1.165) is 60.4 Å². The van der Waals surface area contributed by atoms with Gasteiger partial charge in [-0.2, -0.15) is 0 Å². The van der Waals surface area contributed by atoms with E-state index in [4.69, 9.17) is 18.9 Å². The molecule has 1 saturated carbocycles. The van der Waals surface area contributed by atoms with E-state index in [9.17, 15) is 4.79 Å². The van der Waals surface area contributed by atoms with Crippen molar-refractivity contribution in [1.29, 1.82) is 0 Å². The molecule has 7 nitrogen and oxygen atoms in total. The summed E-state index contributed by atoms with van der Waals surface area (Å²) in [7, 11) is 3.81. The van der Waals surface area contributed by atoms with Gasteiger partial charge >= 0.3 is 5.97 Å². The van der Waals surface area contributed by atoms with Crippen molar-refractivity contribution < 1.29 is 23.7 Å². The number of rotatable bonds is 7. The lowest BCUT2D eigenvalue weighted by atomic mass is 9.86. The molecule has 0 unspecified atom stereocenters. The van der Waals surface area contributed by atoms with Crippen molar-refractivity contribution in [1.82, 2.24) is 9.88 Å². The molecule has 1 aliphatic heterocycles. The fraction of sp³-hybridized carbons (Fsp3) is 0.429. The number of benzene rings is 2. The highest BCUT2D eigenvalue weighted by Crippen LogP contribution is 2.32. The van der Waals surface area contributed by atoms with Crippen LogP contribution in [-0.2, 0) is 11.3 Å². The molecule has 0 bridgehead atoms. The molecule has 2 aromatic carbocycles. The summed E-state index contributed by atoms with van der Waals surface area (Å²) < 4.78 is 22.3. The van der Waals surface area contributed by atoms with Gasteiger partial charge in [0.25, 0.3) is 0 Å². The number of hydrogen-bond donors (Lipinski definition) is 0. The molecule has 7 heteroatoms. The van der Waals surface area contributed by atoms with Gasteiger partial charge in [0.05, 0.1) is 24.8 Å². The zero-order chi connectivity index (χ0) is 24.2. The third-order valence-electron chi connectivity index (χ3n) is 7.05. The van der Waals surface area contributed by atoms with Gasteiger partial charge < -0.3 is 18.9 Å². The van der Waals surface area contributed by atoms with Crippen LogP contribution in [0, 0.1) is 5.92 Å². The number of esters is 1. The Balaban J connectivity index is 1.10. The van der Waals surface area contributed by atoms with E-state index in [1.54, 1.807) is 13.3 Å². The van der Waals surface area contributed by atoms with E-state index in [2.05, 4.69) is 29.1 Å². The number of methoxy groups -OCH3 is 1. The number of ether oxygens (including phenoxy) is 4. The van der Waals surface area contributed by atoms with Crippen molar-refractivity contribution in [2.45, 2.75) is 38.3 Å². The van der Waals surface area contributed by atoms with Crippen LogP contribution in [0.4, 0.5) is 0 Å². The first kappa shape index (κ1) is 23.4. The quantitative estimate of drug-likeness (QED) is 0.451. The van der Waals surface area contributed by atoms with Crippen LogP contribution in [0.3, 0.4) is 0 Å². The maximum atomic E-state index is 12.6. The average Bonchev–Trinajstić information content (AvgIpc) is 2.91. The molecule has 2 heterocycles. The summed E-state index contributed by atoms with van der Waals surface area (Å²) >= 11 is 0. The molecule has 3 aromatic rings. The highest BCUT2D eigenvalue weighted by Gasteiger charge is 2.25. The van der Waals surface area contributed by atoms with Gasteiger partial charge in [0.1, 0.15) is 19.0 Å². The second kappa shape index (κ2) is 10.5. The zero-order valence-electron chi connectivity index (χ0n) is 20.4. The fourth-order valence-electron chi connectivity index (χ4n) is 4.98. The monoisotopic (exact) mass is 476 g/mol. The van der Waals surface area contributed by atoms with E-state index in [1.807, 2.05) is 30.3 Å². The number of carbonyl (C=O) groups excluding carboxylic acids is 1. The van der Waals surface area contributed by atoms with Crippen LogP contribution in [0.15, 0.2) is 48.7 Å². The van der Waals surface area contributed by atoms with Crippen molar-refractivity contribution in [3.05, 3.63) is 59.8 Å². The molecule has 0 atom stereocenters. The molecular formula is C28H32N2O5. The van der Waals surface area contributed by atoms with Crippen LogP contribution in [0.1, 0.15) is 41.6 Å². The molecule has 0 spiro atoms. The van der Waals surface area contributed by atoms with Gasteiger partial charge in [0.15, 0.2) is 11.5 Å². The normalized spacial score (nSPS) is 19.5. The molecule has 5 rings (SSSR count). The van der Waals surface area contributed by atoms with Crippen LogP contribution in [0.5, 0.6) is 17.2 Å². The maximum Gasteiger partial charge on any atom is 0.339 e. The fourth-order valence-corrected chi connectivity index (χ4v) is 4.98. The Kier molecular flexibility index (Phi) is 7.04. The van der Waals surface area contributed by atoms with Gasteiger partial charge in [-0.05, 0) is 80.6 Å². The number of aromatic nitrogens is 1. The molecular weight excluding hydrogens is 444 g/mol. The topological polar surface area (TPSA) is 70.1 Å². The number of hydrogen-bond acceptors (Lipinski definition) is 7. The minimum atomic E-state index is -0.319. The van der Waals surface area contributed by atoms with E-state index in [1.165, 1.54) is 5.56 Å². The van der Waals surface area contributed by atoms with Crippen molar-refractivity contribution >= 4 is 16.9 Å². The molecule has 0 amide bonds. The van der Waals surface area contributed by atoms with Gasteiger partial charge in [-0.3, -0.25) is 9.88 Å². The lowest BCUT2D eigenvalue weighted by molar-refractivity contribution is 0.0375. The standard InChI is InChI=1S/C28H32N2O5/c1-30(17-20-5-10-26-27(13-20)34-12-11-33-26)23-6-3-19(4-7-23)18-35-28(31)22-14-21-15-24(32-2)8-9-25(21)29-16-22/h5,8-10,13-16,19,23H,3-4,6-7,11-12,17-18H2,1-2H3/t19-,23-. The van der Waals surface area contributed by atoms with Crippen molar-refractivity contribution in [2.75, 3.05) is 34.0 Å². The lowest BCUT2D eigenvalue weighted by Gasteiger charge is -2.34. The van der Waals surface area contributed by atoms with Crippen LogP contribution in [0.2, 0.25) is 0 Å². The average molecular weight is 477 g/mol. The van der Waals surface area contributed by atoms with Crippen LogP contribution >= 0.6 is 0 Å². The summed E-state index contributed by atoms with van der Waals surface area (Å²) in [5.74, 6) is 2.48.